The van der Waals surface area contributed by atoms with E-state index in [0.717, 1.165) is 38.0 Å². The highest BCUT2D eigenvalue weighted by Gasteiger charge is 2.13. The van der Waals surface area contributed by atoms with Gasteiger partial charge in [0.2, 0.25) is 0 Å². The summed E-state index contributed by atoms with van der Waals surface area (Å²) in [5, 5.41) is 0. The van der Waals surface area contributed by atoms with E-state index in [4.69, 9.17) is 10.5 Å². The molecule has 0 aromatic heterocycles. The minimum Gasteiger partial charge on any atom is -0.493 e. The summed E-state index contributed by atoms with van der Waals surface area (Å²) in [6.07, 6.45) is 4.88. The van der Waals surface area contributed by atoms with Crippen molar-refractivity contribution in [3.05, 3.63) is 29.3 Å². The van der Waals surface area contributed by atoms with Gasteiger partial charge in [0, 0.05) is 25.3 Å². The Bertz CT molecular complexity index is 442. The van der Waals surface area contributed by atoms with E-state index in [1.807, 2.05) is 6.07 Å². The third-order valence-corrected chi connectivity index (χ3v) is 3.60. The van der Waals surface area contributed by atoms with E-state index in [2.05, 4.69) is 19.1 Å². The fraction of sp³-hybridized carbons (Fsp3) is 0.562. The molecule has 0 fully saturated rings. The molecule has 0 amide bonds. The van der Waals surface area contributed by atoms with Gasteiger partial charge >= 0.3 is 0 Å². The smallest absolute Gasteiger partial charge is 0.134 e. The number of aryl methyl sites for hydroxylation is 1. The molecule has 2 N–H and O–H groups in total. The lowest BCUT2D eigenvalue weighted by Crippen LogP contribution is -2.23. The predicted octanol–water partition coefficient (Wildman–Crippen LogP) is 2.64. The van der Waals surface area contributed by atoms with E-state index in [1.165, 1.54) is 11.1 Å². The lowest BCUT2D eigenvalue weighted by Gasteiger charge is -2.09. The van der Waals surface area contributed by atoms with E-state index >= 15 is 0 Å². The first-order chi connectivity index (χ1) is 9.19. The van der Waals surface area contributed by atoms with Crippen molar-refractivity contribution in [1.29, 1.82) is 0 Å². The molecule has 1 aliphatic heterocycles. The molecule has 19 heavy (non-hydrogen) atoms. The summed E-state index contributed by atoms with van der Waals surface area (Å²) in [6.45, 7) is 2.88. The van der Waals surface area contributed by atoms with E-state index < -0.39 is 0 Å². The second kappa shape index (κ2) is 6.71. The van der Waals surface area contributed by atoms with Crippen LogP contribution in [0.3, 0.4) is 0 Å². The fourth-order valence-corrected chi connectivity index (χ4v) is 2.55. The summed E-state index contributed by atoms with van der Waals surface area (Å²) < 4.78 is 5.48. The van der Waals surface area contributed by atoms with Gasteiger partial charge in [0.1, 0.15) is 11.5 Å². The zero-order chi connectivity index (χ0) is 13.7. The third kappa shape index (κ3) is 4.06. The van der Waals surface area contributed by atoms with Gasteiger partial charge < -0.3 is 10.5 Å². The summed E-state index contributed by atoms with van der Waals surface area (Å²) in [5.41, 5.74) is 8.39. The molecule has 0 spiro atoms. The maximum Gasteiger partial charge on any atom is 0.134 e. The molecule has 0 saturated heterocycles. The Balaban J connectivity index is 1.80. The van der Waals surface area contributed by atoms with Crippen LogP contribution in [0.2, 0.25) is 0 Å². The Labute approximate surface area is 115 Å². The van der Waals surface area contributed by atoms with Crippen LogP contribution in [-0.4, -0.2) is 18.4 Å². The van der Waals surface area contributed by atoms with Gasteiger partial charge in [-0.05, 0) is 30.0 Å². The van der Waals surface area contributed by atoms with Crippen molar-refractivity contribution in [2.24, 2.45) is 5.73 Å². The van der Waals surface area contributed by atoms with Crippen molar-refractivity contribution < 1.29 is 9.53 Å². The molecule has 1 atom stereocenters. The largest absolute Gasteiger partial charge is 0.493 e. The summed E-state index contributed by atoms with van der Waals surface area (Å²) in [7, 11) is 0. The highest BCUT2D eigenvalue weighted by molar-refractivity contribution is 5.79. The number of hydrogen-bond donors (Lipinski definition) is 1. The Kier molecular flexibility index (Phi) is 4.97. The minimum absolute atomic E-state index is 0.0333. The number of benzene rings is 1. The average Bonchev–Trinajstić information content (AvgIpc) is 2.83. The SMILES string of the molecule is CCCC(N)CC(=O)CCc1ccc2c(c1)CCO2. The molecular weight excluding hydrogens is 238 g/mol. The van der Waals surface area contributed by atoms with E-state index in [-0.39, 0.29) is 11.8 Å². The number of fused-ring (bicyclic) bond motifs is 1. The molecule has 2 rings (SSSR count). The Morgan fingerprint density at radius 1 is 1.47 bits per heavy atom. The van der Waals surface area contributed by atoms with Gasteiger partial charge in [-0.25, -0.2) is 0 Å². The van der Waals surface area contributed by atoms with E-state index in [1.54, 1.807) is 0 Å². The topological polar surface area (TPSA) is 52.3 Å². The molecule has 0 saturated carbocycles. The number of rotatable bonds is 7. The summed E-state index contributed by atoms with van der Waals surface area (Å²) in [5.74, 6) is 1.28. The molecule has 3 heteroatoms. The van der Waals surface area contributed by atoms with Crippen LogP contribution in [0.1, 0.15) is 43.7 Å². The highest BCUT2D eigenvalue weighted by atomic mass is 16.5. The average molecular weight is 261 g/mol. The predicted molar refractivity (Wildman–Crippen MR) is 76.5 cm³/mol. The first-order valence-corrected chi connectivity index (χ1v) is 7.21. The lowest BCUT2D eigenvalue weighted by atomic mass is 10.00. The van der Waals surface area contributed by atoms with Gasteiger partial charge in [-0.3, -0.25) is 4.79 Å². The highest BCUT2D eigenvalue weighted by Crippen LogP contribution is 2.26. The molecule has 0 radical (unpaired) electrons. The molecule has 1 aliphatic rings. The first kappa shape index (κ1) is 14.1. The van der Waals surface area contributed by atoms with Crippen LogP contribution < -0.4 is 10.5 Å². The zero-order valence-corrected chi connectivity index (χ0v) is 11.7. The van der Waals surface area contributed by atoms with Crippen LogP contribution >= 0.6 is 0 Å². The molecule has 1 unspecified atom stereocenters. The first-order valence-electron chi connectivity index (χ1n) is 7.21. The monoisotopic (exact) mass is 261 g/mol. The van der Waals surface area contributed by atoms with Crippen LogP contribution in [0.15, 0.2) is 18.2 Å². The maximum atomic E-state index is 11.8. The summed E-state index contributed by atoms with van der Waals surface area (Å²) >= 11 is 0. The molecule has 1 aromatic carbocycles. The van der Waals surface area contributed by atoms with Crippen molar-refractivity contribution >= 4 is 5.78 Å². The van der Waals surface area contributed by atoms with Gasteiger partial charge in [0.25, 0.3) is 0 Å². The van der Waals surface area contributed by atoms with Crippen LogP contribution in [-0.2, 0) is 17.6 Å². The quantitative estimate of drug-likeness (QED) is 0.821. The number of Topliss-reactive ketones (excluding diaryl/α,β-unsaturated/α-hetero) is 1. The van der Waals surface area contributed by atoms with Crippen molar-refractivity contribution in [3.63, 3.8) is 0 Å². The molecule has 1 aromatic rings. The molecular formula is C16H23NO2. The lowest BCUT2D eigenvalue weighted by molar-refractivity contribution is -0.119. The van der Waals surface area contributed by atoms with Crippen LogP contribution in [0.4, 0.5) is 0 Å². The molecule has 0 bridgehead atoms. The number of hydrogen-bond acceptors (Lipinski definition) is 3. The normalized spacial score (nSPS) is 14.8. The second-order valence-corrected chi connectivity index (χ2v) is 5.33. The van der Waals surface area contributed by atoms with Crippen molar-refractivity contribution in [2.45, 2.75) is 51.5 Å². The number of carbonyl (C=O) groups is 1. The number of ether oxygens (including phenoxy) is 1. The third-order valence-electron chi connectivity index (χ3n) is 3.60. The number of ketones is 1. The Morgan fingerprint density at radius 3 is 3.11 bits per heavy atom. The molecule has 104 valence electrons. The van der Waals surface area contributed by atoms with Gasteiger partial charge in [0.05, 0.1) is 6.61 Å². The minimum atomic E-state index is 0.0333. The number of carbonyl (C=O) groups excluding carboxylic acids is 1. The van der Waals surface area contributed by atoms with Gasteiger partial charge in [-0.1, -0.05) is 25.5 Å². The standard InChI is InChI=1S/C16H23NO2/c1-2-3-14(17)11-15(18)6-4-12-5-7-16-13(10-12)8-9-19-16/h5,7,10,14H,2-4,6,8-9,11,17H2,1H3. The van der Waals surface area contributed by atoms with Gasteiger partial charge in [-0.15, -0.1) is 0 Å². The van der Waals surface area contributed by atoms with Crippen molar-refractivity contribution in [3.8, 4) is 5.75 Å². The van der Waals surface area contributed by atoms with Crippen LogP contribution in [0.5, 0.6) is 5.75 Å². The Hall–Kier alpha value is -1.35. The zero-order valence-electron chi connectivity index (χ0n) is 11.7. The second-order valence-electron chi connectivity index (χ2n) is 5.33. The van der Waals surface area contributed by atoms with Crippen LogP contribution in [0, 0.1) is 0 Å². The maximum absolute atomic E-state index is 11.8. The number of nitrogens with two attached hydrogens (primary N) is 1. The fourth-order valence-electron chi connectivity index (χ4n) is 2.55. The summed E-state index contributed by atoms with van der Waals surface area (Å²) in [4.78, 5) is 11.8. The van der Waals surface area contributed by atoms with E-state index in [0.29, 0.717) is 12.8 Å². The van der Waals surface area contributed by atoms with Gasteiger partial charge in [-0.2, -0.15) is 0 Å². The van der Waals surface area contributed by atoms with Crippen molar-refractivity contribution in [1.82, 2.24) is 0 Å². The molecule has 3 nitrogen and oxygen atoms in total. The molecule has 1 heterocycles. The van der Waals surface area contributed by atoms with Crippen LogP contribution in [0.25, 0.3) is 0 Å². The summed E-state index contributed by atoms with van der Waals surface area (Å²) in [6, 6.07) is 6.28. The Morgan fingerprint density at radius 2 is 2.32 bits per heavy atom. The molecule has 0 aliphatic carbocycles. The van der Waals surface area contributed by atoms with Gasteiger partial charge in [0.15, 0.2) is 0 Å². The van der Waals surface area contributed by atoms with Crippen molar-refractivity contribution in [2.75, 3.05) is 6.61 Å². The van der Waals surface area contributed by atoms with E-state index in [9.17, 15) is 4.79 Å².